The molecule has 1 fully saturated rings. The van der Waals surface area contributed by atoms with Crippen molar-refractivity contribution in [1.82, 2.24) is 0 Å². The van der Waals surface area contributed by atoms with E-state index in [4.69, 9.17) is 0 Å². The second-order valence-electron chi connectivity index (χ2n) is 7.53. The van der Waals surface area contributed by atoms with Crippen LogP contribution in [0.15, 0.2) is 48.1 Å². The largest absolute Gasteiger partial charge is 0.392 e. The summed E-state index contributed by atoms with van der Waals surface area (Å²) in [6.07, 6.45) is 14.2. The minimum atomic E-state index is -0.342. The van der Waals surface area contributed by atoms with Crippen LogP contribution in [0, 0.1) is 12.8 Å². The summed E-state index contributed by atoms with van der Waals surface area (Å²) >= 11 is 0. The summed E-state index contributed by atoms with van der Waals surface area (Å²) in [6.45, 7) is 3.85. The Hall–Kier alpha value is -0.276. The molecule has 0 spiro atoms. The second kappa shape index (κ2) is 10.9. The summed E-state index contributed by atoms with van der Waals surface area (Å²) in [7, 11) is 0. The second-order valence-corrected chi connectivity index (χ2v) is 7.53. The predicted molar refractivity (Wildman–Crippen MR) is 103 cm³/mol. The van der Waals surface area contributed by atoms with Crippen LogP contribution in [0.1, 0.15) is 74.5 Å². The van der Waals surface area contributed by atoms with Gasteiger partial charge in [-0.3, -0.25) is 0 Å². The van der Waals surface area contributed by atoms with Crippen molar-refractivity contribution in [3.05, 3.63) is 66.1 Å². The first-order chi connectivity index (χ1) is 12.2. The first-order valence-electron chi connectivity index (χ1n) is 9.80. The van der Waals surface area contributed by atoms with Crippen LogP contribution < -0.4 is 0 Å². The van der Waals surface area contributed by atoms with E-state index in [0.717, 1.165) is 49.7 Å². The molecule has 2 aliphatic carbocycles. The number of aliphatic hydroxyl groups excluding tert-OH is 2. The van der Waals surface area contributed by atoms with Crippen molar-refractivity contribution in [2.24, 2.45) is 5.92 Å². The molecule has 3 atom stereocenters. The Morgan fingerprint density at radius 3 is 2.46 bits per heavy atom. The monoisotopic (exact) mass is 428 g/mol. The predicted octanol–water partition coefficient (Wildman–Crippen LogP) is 5.24. The van der Waals surface area contributed by atoms with Crippen LogP contribution in [0.2, 0.25) is 0 Å². The van der Waals surface area contributed by atoms with E-state index in [0.29, 0.717) is 5.92 Å². The standard InChI is InChI=1S/C23H31O2.Y/c1-2-3-4-5-8-17-15-16-21(24)22(17)18-11-13-20(14-12-18)23(25)19-9-6-7-10-19;/h4-5,11-15,19,21-25H,1-3,6-10,16H2;/q-1;/t21-,22+,23?;/m1./s1. The summed E-state index contributed by atoms with van der Waals surface area (Å²) in [5.74, 6) is 0.499. The van der Waals surface area contributed by atoms with Crippen molar-refractivity contribution < 1.29 is 42.9 Å². The molecule has 0 amide bonds. The van der Waals surface area contributed by atoms with Gasteiger partial charge in [0.25, 0.3) is 0 Å². The summed E-state index contributed by atoms with van der Waals surface area (Å²) < 4.78 is 0. The Balaban J connectivity index is 0.00000243. The van der Waals surface area contributed by atoms with Gasteiger partial charge in [-0.2, -0.15) is 6.42 Å². The molecule has 3 heteroatoms. The van der Waals surface area contributed by atoms with Gasteiger partial charge >= 0.3 is 0 Å². The molecule has 1 aromatic carbocycles. The number of allylic oxidation sites excluding steroid dienone is 2. The Bertz CT molecular complexity index is 599. The first kappa shape index (κ1) is 22.0. The van der Waals surface area contributed by atoms with Gasteiger partial charge in [-0.1, -0.05) is 67.3 Å². The fraction of sp³-hybridized carbons (Fsp3) is 0.522. The normalized spacial score (nSPS) is 24.7. The number of hydrogen-bond acceptors (Lipinski definition) is 2. The zero-order valence-electron chi connectivity index (χ0n) is 15.7. The van der Waals surface area contributed by atoms with Crippen LogP contribution >= 0.6 is 0 Å². The Kier molecular flexibility index (Phi) is 9.23. The van der Waals surface area contributed by atoms with Crippen LogP contribution in [0.4, 0.5) is 0 Å². The average Bonchev–Trinajstić information content (AvgIpc) is 3.28. The van der Waals surface area contributed by atoms with Crippen LogP contribution in [0.5, 0.6) is 0 Å². The Labute approximate surface area is 183 Å². The minimum absolute atomic E-state index is 0. The molecule has 2 aliphatic rings. The number of benzene rings is 1. The molecule has 2 N–H and O–H groups in total. The van der Waals surface area contributed by atoms with E-state index in [9.17, 15) is 10.2 Å². The maximum atomic E-state index is 10.6. The number of unbranched alkanes of at least 4 members (excludes halogenated alkanes) is 1. The molecule has 3 rings (SSSR count). The topological polar surface area (TPSA) is 40.5 Å². The van der Waals surface area contributed by atoms with Crippen LogP contribution in [-0.2, 0) is 32.7 Å². The van der Waals surface area contributed by atoms with Gasteiger partial charge in [-0.25, -0.2) is 0 Å². The van der Waals surface area contributed by atoms with Gasteiger partial charge in [-0.15, -0.1) is 0 Å². The zero-order chi connectivity index (χ0) is 17.6. The van der Waals surface area contributed by atoms with Crippen molar-refractivity contribution in [3.8, 4) is 0 Å². The molecular weight excluding hydrogens is 397 g/mol. The van der Waals surface area contributed by atoms with Gasteiger partial charge in [0, 0.05) is 38.6 Å². The van der Waals surface area contributed by atoms with E-state index < -0.39 is 0 Å². The van der Waals surface area contributed by atoms with Crippen molar-refractivity contribution in [2.45, 2.75) is 69.5 Å². The summed E-state index contributed by atoms with van der Waals surface area (Å²) in [5.41, 5.74) is 3.48. The molecule has 1 unspecified atom stereocenters. The van der Waals surface area contributed by atoms with Gasteiger partial charge in [0.2, 0.25) is 0 Å². The molecule has 2 nitrogen and oxygen atoms in total. The summed E-state index contributed by atoms with van der Waals surface area (Å²) in [5, 5.41) is 21.0. The van der Waals surface area contributed by atoms with Crippen molar-refractivity contribution in [2.75, 3.05) is 0 Å². The molecule has 0 saturated heterocycles. The molecule has 1 radical (unpaired) electrons. The molecule has 1 aromatic rings. The molecule has 0 aliphatic heterocycles. The van der Waals surface area contributed by atoms with Crippen LogP contribution in [0.3, 0.4) is 0 Å². The third kappa shape index (κ3) is 5.38. The van der Waals surface area contributed by atoms with Gasteiger partial charge < -0.3 is 17.1 Å². The quantitative estimate of drug-likeness (QED) is 0.461. The maximum absolute atomic E-state index is 10.6. The number of hydrogen-bond donors (Lipinski definition) is 2. The van der Waals surface area contributed by atoms with Crippen LogP contribution in [-0.4, -0.2) is 16.3 Å². The maximum Gasteiger partial charge on any atom is 0.0818 e. The van der Waals surface area contributed by atoms with Gasteiger partial charge in [0.1, 0.15) is 0 Å². The fourth-order valence-corrected chi connectivity index (χ4v) is 4.33. The van der Waals surface area contributed by atoms with Gasteiger partial charge in [-0.05, 0) is 42.7 Å². The average molecular weight is 428 g/mol. The van der Waals surface area contributed by atoms with Crippen molar-refractivity contribution in [1.29, 1.82) is 0 Å². The number of rotatable bonds is 7. The zero-order valence-corrected chi connectivity index (χ0v) is 18.5. The van der Waals surface area contributed by atoms with E-state index in [1.165, 1.54) is 18.4 Å². The van der Waals surface area contributed by atoms with Crippen LogP contribution in [0.25, 0.3) is 0 Å². The van der Waals surface area contributed by atoms with Crippen molar-refractivity contribution >= 4 is 0 Å². The molecule has 139 valence electrons. The Morgan fingerprint density at radius 1 is 1.12 bits per heavy atom. The molecule has 0 heterocycles. The molecule has 26 heavy (non-hydrogen) atoms. The van der Waals surface area contributed by atoms with E-state index >= 15 is 0 Å². The SMILES string of the molecule is [CH2-]CCC=CCC1=CC[C@@H](O)[C@@H]1c1ccc(C(O)C2CCCC2)cc1.[Y]. The third-order valence-corrected chi connectivity index (χ3v) is 5.78. The van der Waals surface area contributed by atoms with E-state index in [-0.39, 0.29) is 50.8 Å². The van der Waals surface area contributed by atoms with E-state index in [2.05, 4.69) is 49.4 Å². The van der Waals surface area contributed by atoms with E-state index in [1.54, 1.807) is 0 Å². The smallest absolute Gasteiger partial charge is 0.0818 e. The first-order valence-corrected chi connectivity index (χ1v) is 9.80. The Morgan fingerprint density at radius 2 is 1.81 bits per heavy atom. The number of aliphatic hydroxyl groups is 2. The molecular formula is C23H31O2Y-. The van der Waals surface area contributed by atoms with Crippen molar-refractivity contribution in [3.63, 3.8) is 0 Å². The fourth-order valence-electron chi connectivity index (χ4n) is 4.33. The molecule has 1 saturated carbocycles. The third-order valence-electron chi connectivity index (χ3n) is 5.78. The minimum Gasteiger partial charge on any atom is -0.392 e. The van der Waals surface area contributed by atoms with E-state index in [1.807, 2.05) is 0 Å². The van der Waals surface area contributed by atoms with Gasteiger partial charge in [0.05, 0.1) is 12.2 Å². The molecule has 0 bridgehead atoms. The summed E-state index contributed by atoms with van der Waals surface area (Å²) in [4.78, 5) is 0. The van der Waals surface area contributed by atoms with Gasteiger partial charge in [0.15, 0.2) is 0 Å². The summed E-state index contributed by atoms with van der Waals surface area (Å²) in [6, 6.07) is 8.31. The molecule has 0 aromatic heterocycles.